The van der Waals surface area contributed by atoms with Crippen LogP contribution in [0.5, 0.6) is 0 Å². The maximum Gasteiger partial charge on any atom is 0.0946 e. The van der Waals surface area contributed by atoms with Crippen molar-refractivity contribution in [1.29, 1.82) is 0 Å². The Kier molecular flexibility index (Phi) is 3.51. The summed E-state index contributed by atoms with van der Waals surface area (Å²) in [7, 11) is 2.00. The van der Waals surface area contributed by atoms with E-state index in [1.165, 1.54) is 10.6 Å². The molecular weight excluding hydrogens is 218 g/mol. The van der Waals surface area contributed by atoms with Gasteiger partial charge >= 0.3 is 0 Å². The molecule has 84 valence electrons. The number of hydrogen-bond acceptors (Lipinski definition) is 3. The Morgan fingerprint density at radius 3 is 3.00 bits per heavy atom. The van der Waals surface area contributed by atoms with Crippen molar-refractivity contribution >= 4 is 17.4 Å². The van der Waals surface area contributed by atoms with Crippen molar-refractivity contribution in [3.63, 3.8) is 0 Å². The summed E-state index contributed by atoms with van der Waals surface area (Å²) in [4.78, 5) is 5.36. The van der Waals surface area contributed by atoms with Gasteiger partial charge in [0.1, 0.15) is 0 Å². The van der Waals surface area contributed by atoms with Gasteiger partial charge in [0.05, 0.1) is 18.6 Å². The van der Waals surface area contributed by atoms with Crippen LogP contribution in [-0.4, -0.2) is 15.8 Å². The average molecular weight is 233 g/mol. The Balaban J connectivity index is 2.02. The van der Waals surface area contributed by atoms with E-state index in [0.717, 1.165) is 12.2 Å². The van der Waals surface area contributed by atoms with Gasteiger partial charge in [-0.1, -0.05) is 6.07 Å². The zero-order valence-electron chi connectivity index (χ0n) is 9.47. The standard InChI is InChI=1S/C12H15N3S/c1-15-9-13-7-11(15)8-14-10-4-3-5-12(6-10)16-2/h3-7,9,14H,8H2,1-2H3. The third-order valence-electron chi connectivity index (χ3n) is 2.46. The van der Waals surface area contributed by atoms with Gasteiger partial charge in [-0.2, -0.15) is 0 Å². The van der Waals surface area contributed by atoms with Gasteiger partial charge in [-0.15, -0.1) is 11.8 Å². The van der Waals surface area contributed by atoms with Crippen LogP contribution in [0.3, 0.4) is 0 Å². The fourth-order valence-electron chi connectivity index (χ4n) is 1.48. The number of benzene rings is 1. The van der Waals surface area contributed by atoms with Crippen molar-refractivity contribution in [2.45, 2.75) is 11.4 Å². The molecule has 2 rings (SSSR count). The lowest BCUT2D eigenvalue weighted by atomic mass is 10.3. The third kappa shape index (κ3) is 2.58. The molecule has 1 N–H and O–H groups in total. The molecule has 0 aliphatic rings. The molecule has 4 heteroatoms. The van der Waals surface area contributed by atoms with Crippen molar-refractivity contribution in [1.82, 2.24) is 9.55 Å². The molecule has 3 nitrogen and oxygen atoms in total. The Hall–Kier alpha value is -1.42. The number of hydrogen-bond donors (Lipinski definition) is 1. The second kappa shape index (κ2) is 5.07. The first kappa shape index (κ1) is 11.1. The number of nitrogens with one attached hydrogen (secondary N) is 1. The van der Waals surface area contributed by atoms with E-state index < -0.39 is 0 Å². The van der Waals surface area contributed by atoms with Crippen LogP contribution in [0.1, 0.15) is 5.69 Å². The lowest BCUT2D eigenvalue weighted by Gasteiger charge is -2.07. The van der Waals surface area contributed by atoms with Crippen LogP contribution in [0, 0.1) is 0 Å². The van der Waals surface area contributed by atoms with Gasteiger partial charge in [0.2, 0.25) is 0 Å². The molecule has 0 spiro atoms. The van der Waals surface area contributed by atoms with Crippen LogP contribution in [0.4, 0.5) is 5.69 Å². The second-order valence-electron chi connectivity index (χ2n) is 3.58. The number of nitrogens with zero attached hydrogens (tertiary/aromatic N) is 2. The predicted octanol–water partition coefficient (Wildman–Crippen LogP) is 2.75. The van der Waals surface area contributed by atoms with E-state index >= 15 is 0 Å². The normalized spacial score (nSPS) is 10.4. The molecule has 0 bridgehead atoms. The smallest absolute Gasteiger partial charge is 0.0946 e. The lowest BCUT2D eigenvalue weighted by Crippen LogP contribution is -2.03. The van der Waals surface area contributed by atoms with Crippen molar-refractivity contribution in [3.05, 3.63) is 42.5 Å². The molecule has 0 unspecified atom stereocenters. The number of aromatic nitrogens is 2. The molecule has 0 aliphatic heterocycles. The summed E-state index contributed by atoms with van der Waals surface area (Å²) in [5, 5.41) is 3.39. The van der Waals surface area contributed by atoms with Gasteiger partial charge < -0.3 is 9.88 Å². The quantitative estimate of drug-likeness (QED) is 0.824. The van der Waals surface area contributed by atoms with E-state index in [1.807, 2.05) is 24.1 Å². The van der Waals surface area contributed by atoms with Gasteiger partial charge in [-0.25, -0.2) is 4.98 Å². The van der Waals surface area contributed by atoms with Crippen LogP contribution < -0.4 is 5.32 Å². The third-order valence-corrected chi connectivity index (χ3v) is 3.19. The molecule has 0 fully saturated rings. The van der Waals surface area contributed by atoms with E-state index in [1.54, 1.807) is 11.8 Å². The maximum atomic E-state index is 4.09. The predicted molar refractivity (Wildman–Crippen MR) is 68.8 cm³/mol. The average Bonchev–Trinajstić information content (AvgIpc) is 2.72. The molecule has 0 amide bonds. The highest BCUT2D eigenvalue weighted by Gasteiger charge is 1.98. The van der Waals surface area contributed by atoms with Crippen LogP contribution in [0.2, 0.25) is 0 Å². The minimum atomic E-state index is 0.800. The molecule has 0 aliphatic carbocycles. The molecule has 1 aromatic heterocycles. The Morgan fingerprint density at radius 2 is 2.31 bits per heavy atom. The maximum absolute atomic E-state index is 4.09. The Bertz CT molecular complexity index is 465. The molecule has 16 heavy (non-hydrogen) atoms. The minimum Gasteiger partial charge on any atom is -0.379 e. The van der Waals surface area contributed by atoms with Crippen molar-refractivity contribution < 1.29 is 0 Å². The minimum absolute atomic E-state index is 0.800. The zero-order chi connectivity index (χ0) is 11.4. The van der Waals surface area contributed by atoms with E-state index in [-0.39, 0.29) is 0 Å². The van der Waals surface area contributed by atoms with Crippen molar-refractivity contribution in [2.75, 3.05) is 11.6 Å². The first-order chi connectivity index (χ1) is 7.79. The molecule has 1 heterocycles. The lowest BCUT2D eigenvalue weighted by molar-refractivity contribution is 0.837. The summed E-state index contributed by atoms with van der Waals surface area (Å²) < 4.78 is 2.02. The van der Waals surface area contributed by atoms with Gasteiger partial charge in [0, 0.05) is 23.8 Å². The van der Waals surface area contributed by atoms with E-state index in [0.29, 0.717) is 0 Å². The van der Waals surface area contributed by atoms with Crippen LogP contribution in [0.15, 0.2) is 41.7 Å². The van der Waals surface area contributed by atoms with E-state index in [4.69, 9.17) is 0 Å². The second-order valence-corrected chi connectivity index (χ2v) is 4.46. The van der Waals surface area contributed by atoms with Gasteiger partial charge in [-0.05, 0) is 24.5 Å². The Labute approximate surface area is 99.9 Å². The monoisotopic (exact) mass is 233 g/mol. The van der Waals surface area contributed by atoms with Crippen molar-refractivity contribution in [3.8, 4) is 0 Å². The molecule has 0 saturated carbocycles. The number of rotatable bonds is 4. The van der Waals surface area contributed by atoms with Gasteiger partial charge in [0.25, 0.3) is 0 Å². The van der Waals surface area contributed by atoms with Gasteiger partial charge in [0.15, 0.2) is 0 Å². The highest BCUT2D eigenvalue weighted by molar-refractivity contribution is 7.98. The van der Waals surface area contributed by atoms with Crippen molar-refractivity contribution in [2.24, 2.45) is 7.05 Å². The molecule has 2 aromatic rings. The van der Waals surface area contributed by atoms with Crippen LogP contribution >= 0.6 is 11.8 Å². The summed E-state index contributed by atoms with van der Waals surface area (Å²) in [6.07, 6.45) is 5.78. The topological polar surface area (TPSA) is 29.9 Å². The highest BCUT2D eigenvalue weighted by atomic mass is 32.2. The van der Waals surface area contributed by atoms with E-state index in [9.17, 15) is 0 Å². The number of anilines is 1. The SMILES string of the molecule is CSc1cccc(NCc2cncn2C)c1. The first-order valence-electron chi connectivity index (χ1n) is 5.12. The van der Waals surface area contributed by atoms with Crippen LogP contribution in [-0.2, 0) is 13.6 Å². The van der Waals surface area contributed by atoms with Crippen LogP contribution in [0.25, 0.3) is 0 Å². The fourth-order valence-corrected chi connectivity index (χ4v) is 1.94. The number of aryl methyl sites for hydroxylation is 1. The summed E-state index contributed by atoms with van der Waals surface area (Å²) in [6, 6.07) is 8.41. The largest absolute Gasteiger partial charge is 0.379 e. The fraction of sp³-hybridized carbons (Fsp3) is 0.250. The molecule has 0 atom stereocenters. The van der Waals surface area contributed by atoms with E-state index in [2.05, 4.69) is 40.8 Å². The summed E-state index contributed by atoms with van der Waals surface area (Å²) in [6.45, 7) is 0.800. The zero-order valence-corrected chi connectivity index (χ0v) is 10.3. The molecular formula is C12H15N3S. The van der Waals surface area contributed by atoms with Gasteiger partial charge in [-0.3, -0.25) is 0 Å². The summed E-state index contributed by atoms with van der Waals surface area (Å²) >= 11 is 1.75. The molecule has 0 saturated heterocycles. The Morgan fingerprint density at radius 1 is 1.44 bits per heavy atom. The molecule has 0 radical (unpaired) electrons. The summed E-state index contributed by atoms with van der Waals surface area (Å²) in [5.74, 6) is 0. The number of imidazole rings is 1. The first-order valence-corrected chi connectivity index (χ1v) is 6.35. The highest BCUT2D eigenvalue weighted by Crippen LogP contribution is 2.19. The number of thioether (sulfide) groups is 1. The molecule has 1 aromatic carbocycles. The summed E-state index contributed by atoms with van der Waals surface area (Å²) in [5.41, 5.74) is 2.32.